The lowest BCUT2D eigenvalue weighted by Gasteiger charge is -2.02. The van der Waals surface area contributed by atoms with Crippen molar-refractivity contribution in [1.82, 2.24) is 19.9 Å². The molecule has 0 spiro atoms. The van der Waals surface area contributed by atoms with Gasteiger partial charge in [-0.15, -0.1) is 0 Å². The van der Waals surface area contributed by atoms with Gasteiger partial charge in [-0.25, -0.2) is 14.8 Å². The van der Waals surface area contributed by atoms with Gasteiger partial charge in [0.2, 0.25) is 11.9 Å². The highest BCUT2D eigenvalue weighted by Gasteiger charge is 2.08. The molecule has 0 aliphatic rings. The summed E-state index contributed by atoms with van der Waals surface area (Å²) in [4.78, 5) is 48.7. The predicted octanol–water partition coefficient (Wildman–Crippen LogP) is 1.54. The van der Waals surface area contributed by atoms with E-state index in [1.807, 2.05) is 0 Å². The summed E-state index contributed by atoms with van der Waals surface area (Å²) in [6.07, 6.45) is 4.80. The molecule has 0 aliphatic heterocycles. The van der Waals surface area contributed by atoms with E-state index in [1.54, 1.807) is 24.3 Å². The number of anilines is 1. The Bertz CT molecular complexity index is 1090. The van der Waals surface area contributed by atoms with Crippen molar-refractivity contribution in [2.45, 2.75) is 6.92 Å². The zero-order valence-corrected chi connectivity index (χ0v) is 13.6. The normalized spacial score (nSPS) is 11.0. The molecule has 130 valence electrons. The van der Waals surface area contributed by atoms with Crippen LogP contribution >= 0.6 is 0 Å². The molecule has 3 rings (SSSR count). The van der Waals surface area contributed by atoms with Crippen LogP contribution in [0.4, 0.5) is 5.95 Å². The number of amides is 1. The first-order valence-electron chi connectivity index (χ1n) is 7.48. The molecule has 0 radical (unpaired) electrons. The number of rotatable bonds is 4. The first kappa shape index (κ1) is 17.0. The van der Waals surface area contributed by atoms with Crippen molar-refractivity contribution >= 4 is 41.1 Å². The molecular weight excluding hydrogens is 338 g/mol. The van der Waals surface area contributed by atoms with Crippen LogP contribution in [0.3, 0.4) is 0 Å². The number of carbonyl (C=O) groups is 2. The van der Waals surface area contributed by atoms with Crippen LogP contribution in [-0.2, 0) is 4.79 Å². The van der Waals surface area contributed by atoms with E-state index in [2.05, 4.69) is 25.3 Å². The van der Waals surface area contributed by atoms with E-state index in [0.29, 0.717) is 5.69 Å². The number of carboxylic acid groups (broad SMARTS) is 1. The van der Waals surface area contributed by atoms with Crippen molar-refractivity contribution in [2.24, 2.45) is 0 Å². The first-order valence-corrected chi connectivity index (χ1v) is 7.48. The van der Waals surface area contributed by atoms with Gasteiger partial charge in [0.15, 0.2) is 11.2 Å². The molecule has 0 saturated heterocycles. The number of aromatic nitrogens is 4. The first-order chi connectivity index (χ1) is 12.4. The maximum Gasteiger partial charge on any atom is 0.335 e. The maximum absolute atomic E-state index is 12.1. The van der Waals surface area contributed by atoms with Crippen LogP contribution in [0.25, 0.3) is 23.3 Å². The number of nitrogens with one attached hydrogen (secondary N) is 2. The van der Waals surface area contributed by atoms with Crippen molar-refractivity contribution in [1.29, 1.82) is 0 Å². The molecular formula is C17H13N5O4. The molecule has 3 aromatic rings. The molecule has 2 heterocycles. The quantitative estimate of drug-likeness (QED) is 0.648. The maximum atomic E-state index is 12.1. The summed E-state index contributed by atoms with van der Waals surface area (Å²) in [7, 11) is 0. The molecule has 9 heteroatoms. The minimum Gasteiger partial charge on any atom is -0.478 e. The number of fused-ring (bicyclic) bond motifs is 1. The van der Waals surface area contributed by atoms with Crippen LogP contribution in [0.2, 0.25) is 0 Å². The lowest BCUT2D eigenvalue weighted by molar-refractivity contribution is -0.114. The number of aromatic amines is 1. The van der Waals surface area contributed by atoms with Crippen LogP contribution in [-0.4, -0.2) is 36.9 Å². The number of benzene rings is 1. The van der Waals surface area contributed by atoms with E-state index < -0.39 is 11.5 Å². The molecule has 0 aliphatic carbocycles. The summed E-state index contributed by atoms with van der Waals surface area (Å²) in [6, 6.07) is 6.30. The SMILES string of the molecule is CC(=O)Nc1nc2ncc(C=Cc3ccc(C(=O)O)cc3)nc2c(=O)[nH]1. The summed E-state index contributed by atoms with van der Waals surface area (Å²) >= 11 is 0. The van der Waals surface area contributed by atoms with Gasteiger partial charge in [0, 0.05) is 6.92 Å². The summed E-state index contributed by atoms with van der Waals surface area (Å²) in [5.74, 6) is -1.36. The highest BCUT2D eigenvalue weighted by Crippen LogP contribution is 2.10. The largest absolute Gasteiger partial charge is 0.478 e. The molecule has 2 aromatic heterocycles. The Balaban J connectivity index is 1.89. The zero-order valence-electron chi connectivity index (χ0n) is 13.6. The number of H-pyrrole nitrogens is 1. The Morgan fingerprint density at radius 3 is 2.54 bits per heavy atom. The zero-order chi connectivity index (χ0) is 18.7. The van der Waals surface area contributed by atoms with Gasteiger partial charge in [0.25, 0.3) is 5.56 Å². The summed E-state index contributed by atoms with van der Waals surface area (Å²) in [5.41, 5.74) is 1.03. The van der Waals surface area contributed by atoms with E-state index in [0.717, 1.165) is 5.56 Å². The van der Waals surface area contributed by atoms with Gasteiger partial charge in [-0.3, -0.25) is 19.9 Å². The Morgan fingerprint density at radius 2 is 1.88 bits per heavy atom. The molecule has 1 aromatic carbocycles. The van der Waals surface area contributed by atoms with Gasteiger partial charge in [-0.05, 0) is 23.8 Å². The second-order valence-electron chi connectivity index (χ2n) is 5.32. The lowest BCUT2D eigenvalue weighted by Crippen LogP contribution is -2.17. The Hall–Kier alpha value is -3.88. The van der Waals surface area contributed by atoms with E-state index in [9.17, 15) is 14.4 Å². The van der Waals surface area contributed by atoms with Gasteiger partial charge in [-0.2, -0.15) is 4.98 Å². The number of carboxylic acids is 1. The predicted molar refractivity (Wildman–Crippen MR) is 94.6 cm³/mol. The summed E-state index contributed by atoms with van der Waals surface area (Å²) < 4.78 is 0. The highest BCUT2D eigenvalue weighted by atomic mass is 16.4. The van der Waals surface area contributed by atoms with Gasteiger partial charge >= 0.3 is 5.97 Å². The van der Waals surface area contributed by atoms with Crippen LogP contribution in [0.1, 0.15) is 28.5 Å². The van der Waals surface area contributed by atoms with Crippen molar-refractivity contribution < 1.29 is 14.7 Å². The number of nitrogens with zero attached hydrogens (tertiary/aromatic N) is 3. The highest BCUT2D eigenvalue weighted by molar-refractivity contribution is 5.88. The molecule has 0 fully saturated rings. The number of hydrogen-bond acceptors (Lipinski definition) is 6. The van der Waals surface area contributed by atoms with Gasteiger partial charge in [-0.1, -0.05) is 18.2 Å². The second-order valence-corrected chi connectivity index (χ2v) is 5.32. The summed E-state index contributed by atoms with van der Waals surface area (Å²) in [5, 5.41) is 11.3. The smallest absolute Gasteiger partial charge is 0.335 e. The van der Waals surface area contributed by atoms with Gasteiger partial charge in [0.05, 0.1) is 17.5 Å². The molecule has 1 amide bonds. The molecule has 3 N–H and O–H groups in total. The third-order valence-electron chi connectivity index (χ3n) is 3.34. The average molecular weight is 351 g/mol. The number of carbonyl (C=O) groups excluding carboxylic acids is 1. The standard InChI is InChI=1S/C17H13N5O4/c1-9(23)19-17-21-14-13(15(24)22-17)20-12(8-18-14)7-4-10-2-5-11(6-3-10)16(25)26/h2-8H,1H3,(H,25,26)(H2,18,19,21,22,23,24). The topological polar surface area (TPSA) is 138 Å². The fourth-order valence-corrected chi connectivity index (χ4v) is 2.16. The third-order valence-corrected chi connectivity index (χ3v) is 3.34. The Morgan fingerprint density at radius 1 is 1.15 bits per heavy atom. The fourth-order valence-electron chi connectivity index (χ4n) is 2.16. The van der Waals surface area contributed by atoms with Crippen LogP contribution < -0.4 is 10.9 Å². The summed E-state index contributed by atoms with van der Waals surface area (Å²) in [6.45, 7) is 1.30. The minimum absolute atomic E-state index is 0.00566. The van der Waals surface area contributed by atoms with E-state index >= 15 is 0 Å². The lowest BCUT2D eigenvalue weighted by atomic mass is 10.1. The molecule has 0 bridgehead atoms. The van der Waals surface area contributed by atoms with Crippen LogP contribution in [0, 0.1) is 0 Å². The molecule has 0 unspecified atom stereocenters. The van der Waals surface area contributed by atoms with Crippen molar-refractivity contribution in [3.05, 3.63) is 57.6 Å². The monoisotopic (exact) mass is 351 g/mol. The molecule has 0 atom stereocenters. The molecule has 0 saturated carbocycles. The van der Waals surface area contributed by atoms with E-state index in [4.69, 9.17) is 5.11 Å². The van der Waals surface area contributed by atoms with Crippen molar-refractivity contribution in [2.75, 3.05) is 5.32 Å². The molecule has 26 heavy (non-hydrogen) atoms. The van der Waals surface area contributed by atoms with Crippen molar-refractivity contribution in [3.8, 4) is 0 Å². The van der Waals surface area contributed by atoms with Crippen molar-refractivity contribution in [3.63, 3.8) is 0 Å². The molecule has 9 nitrogen and oxygen atoms in total. The Kier molecular flexibility index (Phi) is 4.52. The van der Waals surface area contributed by atoms with Gasteiger partial charge < -0.3 is 5.11 Å². The van der Waals surface area contributed by atoms with Crippen LogP contribution in [0.5, 0.6) is 0 Å². The number of hydrogen-bond donors (Lipinski definition) is 3. The number of aromatic carboxylic acids is 1. The van der Waals surface area contributed by atoms with Crippen LogP contribution in [0.15, 0.2) is 35.3 Å². The second kappa shape index (κ2) is 6.93. The third kappa shape index (κ3) is 3.78. The van der Waals surface area contributed by atoms with E-state index in [1.165, 1.54) is 25.3 Å². The fraction of sp³-hybridized carbons (Fsp3) is 0.0588. The Labute approximate surface area is 146 Å². The van der Waals surface area contributed by atoms with E-state index in [-0.39, 0.29) is 28.6 Å². The van der Waals surface area contributed by atoms with Gasteiger partial charge in [0.1, 0.15) is 0 Å². The minimum atomic E-state index is -0.994. The average Bonchev–Trinajstić information content (AvgIpc) is 2.60.